The number of hydrogen-bond donors (Lipinski definition) is 1. The lowest BCUT2D eigenvalue weighted by atomic mass is 10.1. The average molecular weight is 336 g/mol. The van der Waals surface area contributed by atoms with Crippen molar-refractivity contribution in [2.24, 2.45) is 0 Å². The van der Waals surface area contributed by atoms with Gasteiger partial charge in [-0.2, -0.15) is 0 Å². The monoisotopic (exact) mass is 336 g/mol. The van der Waals surface area contributed by atoms with Crippen LogP contribution in [-0.2, 0) is 6.54 Å². The summed E-state index contributed by atoms with van der Waals surface area (Å²) in [6.45, 7) is 5.01. The number of rotatable bonds is 4. The third-order valence-electron chi connectivity index (χ3n) is 3.71. The van der Waals surface area contributed by atoms with Gasteiger partial charge in [-0.3, -0.25) is 4.98 Å². The highest BCUT2D eigenvalue weighted by atomic mass is 19.1. The summed E-state index contributed by atoms with van der Waals surface area (Å²) >= 11 is 0. The van der Waals surface area contributed by atoms with Gasteiger partial charge in [0.05, 0.1) is 0 Å². The van der Waals surface area contributed by atoms with Crippen molar-refractivity contribution in [3.05, 3.63) is 78.4 Å². The number of nitrogens with zero attached hydrogens (tertiary/aromatic N) is 1. The molecule has 128 valence electrons. The van der Waals surface area contributed by atoms with Gasteiger partial charge in [-0.25, -0.2) is 4.39 Å². The van der Waals surface area contributed by atoms with Gasteiger partial charge < -0.3 is 10.1 Å². The Morgan fingerprint density at radius 3 is 2.24 bits per heavy atom. The van der Waals surface area contributed by atoms with Crippen molar-refractivity contribution in [2.45, 2.75) is 26.4 Å². The zero-order valence-electron chi connectivity index (χ0n) is 14.4. The van der Waals surface area contributed by atoms with Gasteiger partial charge in [-0.1, -0.05) is 38.1 Å². The standard InChI is InChI=1S/C15H17FN2.C6H4O/c1-11(2)18-9-12-7-14(10-17-8-12)13-3-5-15(16)6-4-13;1-2-4-6-5(3-1)7-6/h3-8,10-11,18H,9H2,1-2H3;1-4H. The van der Waals surface area contributed by atoms with Crippen molar-refractivity contribution in [3.8, 4) is 22.6 Å². The first-order valence-corrected chi connectivity index (χ1v) is 8.32. The predicted molar refractivity (Wildman–Crippen MR) is 98.1 cm³/mol. The van der Waals surface area contributed by atoms with Crippen LogP contribution in [0.2, 0.25) is 0 Å². The SMILES string of the molecule is CC(C)NCc1cncc(-c2ccc(F)cc2)c1.c1ccc2c(c1)O2. The van der Waals surface area contributed by atoms with E-state index in [0.717, 1.165) is 34.7 Å². The van der Waals surface area contributed by atoms with Crippen LogP contribution in [0.5, 0.6) is 11.5 Å². The van der Waals surface area contributed by atoms with Gasteiger partial charge in [-0.05, 0) is 41.5 Å². The molecule has 1 aliphatic heterocycles. The van der Waals surface area contributed by atoms with Gasteiger partial charge in [-0.15, -0.1) is 0 Å². The van der Waals surface area contributed by atoms with E-state index in [4.69, 9.17) is 4.74 Å². The summed E-state index contributed by atoms with van der Waals surface area (Å²) in [5.74, 6) is 1.84. The number of nitrogens with one attached hydrogen (secondary N) is 1. The second kappa shape index (κ2) is 7.90. The van der Waals surface area contributed by atoms with Crippen LogP contribution in [0.15, 0.2) is 67.0 Å². The minimum Gasteiger partial charge on any atom is -0.450 e. The number of hydrogen-bond acceptors (Lipinski definition) is 3. The number of para-hydroxylation sites is 2. The van der Waals surface area contributed by atoms with Gasteiger partial charge in [0.25, 0.3) is 0 Å². The number of ether oxygens (including phenoxy) is 1. The van der Waals surface area contributed by atoms with Gasteiger partial charge in [0, 0.05) is 30.5 Å². The number of aromatic nitrogens is 1. The smallest absolute Gasteiger partial charge is 0.170 e. The third-order valence-corrected chi connectivity index (χ3v) is 3.71. The van der Waals surface area contributed by atoms with Crippen LogP contribution in [0.25, 0.3) is 11.1 Å². The fourth-order valence-corrected chi connectivity index (χ4v) is 2.32. The molecule has 0 saturated heterocycles. The molecule has 2 heterocycles. The summed E-state index contributed by atoms with van der Waals surface area (Å²) < 4.78 is 17.8. The number of benzene rings is 2. The van der Waals surface area contributed by atoms with E-state index >= 15 is 0 Å². The Labute approximate surface area is 147 Å². The van der Waals surface area contributed by atoms with Crippen molar-refractivity contribution in [2.75, 3.05) is 0 Å². The van der Waals surface area contributed by atoms with Gasteiger partial charge in [0.1, 0.15) is 5.82 Å². The number of fused-ring (bicyclic) bond motifs is 1. The van der Waals surface area contributed by atoms with E-state index in [9.17, 15) is 4.39 Å². The summed E-state index contributed by atoms with van der Waals surface area (Å²) in [7, 11) is 0. The third kappa shape index (κ3) is 5.13. The fraction of sp³-hybridized carbons (Fsp3) is 0.190. The van der Waals surface area contributed by atoms with Crippen LogP contribution >= 0.6 is 0 Å². The Morgan fingerprint density at radius 1 is 0.960 bits per heavy atom. The minimum absolute atomic E-state index is 0.218. The van der Waals surface area contributed by atoms with Gasteiger partial charge >= 0.3 is 0 Å². The van der Waals surface area contributed by atoms with Crippen molar-refractivity contribution < 1.29 is 9.13 Å². The highest BCUT2D eigenvalue weighted by Gasteiger charge is 2.15. The van der Waals surface area contributed by atoms with Gasteiger partial charge in [0.15, 0.2) is 11.5 Å². The first-order chi connectivity index (χ1) is 12.1. The maximum absolute atomic E-state index is 12.9. The Hall–Kier alpha value is -2.72. The topological polar surface area (TPSA) is 37.5 Å². The van der Waals surface area contributed by atoms with E-state index in [1.54, 1.807) is 18.3 Å². The second-order valence-electron chi connectivity index (χ2n) is 6.17. The molecule has 0 aliphatic carbocycles. The molecule has 1 aliphatic rings. The van der Waals surface area contributed by atoms with Crippen molar-refractivity contribution in [1.29, 1.82) is 0 Å². The molecule has 3 aromatic rings. The molecule has 4 heteroatoms. The highest BCUT2D eigenvalue weighted by Crippen LogP contribution is 2.43. The van der Waals surface area contributed by atoms with Crippen LogP contribution in [-0.4, -0.2) is 11.0 Å². The Bertz CT molecular complexity index is 810. The lowest BCUT2D eigenvalue weighted by molar-refractivity contribution is 0.588. The first kappa shape index (κ1) is 17.1. The maximum Gasteiger partial charge on any atom is 0.170 e. The van der Waals surface area contributed by atoms with Crippen LogP contribution in [0.3, 0.4) is 0 Å². The summed E-state index contributed by atoms with van der Waals surface area (Å²) in [5.41, 5.74) is 3.12. The van der Waals surface area contributed by atoms with Crippen molar-refractivity contribution >= 4 is 0 Å². The van der Waals surface area contributed by atoms with E-state index < -0.39 is 0 Å². The zero-order valence-corrected chi connectivity index (χ0v) is 14.4. The molecule has 25 heavy (non-hydrogen) atoms. The molecule has 0 radical (unpaired) electrons. The molecule has 0 saturated carbocycles. The number of halogens is 1. The van der Waals surface area contributed by atoms with Crippen LogP contribution in [0, 0.1) is 5.82 Å². The lowest BCUT2D eigenvalue weighted by Crippen LogP contribution is -2.21. The molecule has 0 bridgehead atoms. The molecule has 1 aromatic heterocycles. The van der Waals surface area contributed by atoms with Crippen LogP contribution < -0.4 is 10.1 Å². The summed E-state index contributed by atoms with van der Waals surface area (Å²) in [6.07, 6.45) is 3.65. The quantitative estimate of drug-likeness (QED) is 0.522. The normalized spacial score (nSPS) is 11.2. The second-order valence-corrected chi connectivity index (χ2v) is 6.17. The van der Waals surface area contributed by atoms with E-state index in [-0.39, 0.29) is 5.82 Å². The molecule has 0 fully saturated rings. The maximum atomic E-state index is 12.9. The van der Waals surface area contributed by atoms with E-state index in [1.165, 1.54) is 12.1 Å². The Balaban J connectivity index is 0.000000213. The van der Waals surface area contributed by atoms with Gasteiger partial charge in [0.2, 0.25) is 0 Å². The molecule has 0 unspecified atom stereocenters. The molecule has 1 N–H and O–H groups in total. The largest absolute Gasteiger partial charge is 0.450 e. The van der Waals surface area contributed by atoms with Crippen molar-refractivity contribution in [3.63, 3.8) is 0 Å². The van der Waals surface area contributed by atoms with E-state index in [1.807, 2.05) is 30.5 Å². The molecule has 3 nitrogen and oxygen atoms in total. The van der Waals surface area contributed by atoms with Crippen LogP contribution in [0.4, 0.5) is 4.39 Å². The van der Waals surface area contributed by atoms with E-state index in [0.29, 0.717) is 6.04 Å². The van der Waals surface area contributed by atoms with Crippen LogP contribution in [0.1, 0.15) is 19.4 Å². The molecule has 4 rings (SSSR count). The molecule has 2 aromatic carbocycles. The van der Waals surface area contributed by atoms with E-state index in [2.05, 4.69) is 30.2 Å². The predicted octanol–water partition coefficient (Wildman–Crippen LogP) is 5.18. The molecule has 0 amide bonds. The summed E-state index contributed by atoms with van der Waals surface area (Å²) in [5, 5.41) is 3.35. The summed E-state index contributed by atoms with van der Waals surface area (Å²) in [6, 6.07) is 16.8. The highest BCUT2D eigenvalue weighted by molar-refractivity contribution is 5.62. The minimum atomic E-state index is -0.218. The molecule has 0 spiro atoms. The first-order valence-electron chi connectivity index (χ1n) is 8.32. The summed E-state index contributed by atoms with van der Waals surface area (Å²) in [4.78, 5) is 4.23. The zero-order chi connectivity index (χ0) is 17.6. The fourth-order valence-electron chi connectivity index (χ4n) is 2.32. The lowest BCUT2D eigenvalue weighted by Gasteiger charge is -2.09. The Kier molecular flexibility index (Phi) is 5.41. The average Bonchev–Trinajstić information content (AvgIpc) is 3.41. The molecular formula is C21H21FN2O. The molecule has 0 atom stereocenters. The number of pyridine rings is 1. The van der Waals surface area contributed by atoms with Crippen molar-refractivity contribution in [1.82, 2.24) is 10.3 Å². The Morgan fingerprint density at radius 2 is 1.64 bits per heavy atom. The molecular weight excluding hydrogens is 315 g/mol.